The molecule has 0 aromatic heterocycles. The van der Waals surface area contributed by atoms with E-state index in [2.05, 4.69) is 203 Å². The van der Waals surface area contributed by atoms with Gasteiger partial charge in [0.15, 0.2) is 0 Å². The topological polar surface area (TPSA) is 0 Å². The van der Waals surface area contributed by atoms with E-state index < -0.39 is 8.07 Å². The normalized spacial score (nSPS) is 14.7. The van der Waals surface area contributed by atoms with Crippen molar-refractivity contribution in [3.8, 4) is 0 Å². The number of allylic oxidation sites excluding steroid dienone is 4. The van der Waals surface area contributed by atoms with E-state index in [1.54, 1.807) is 0 Å². The van der Waals surface area contributed by atoms with E-state index in [-0.39, 0.29) is 64.0 Å². The molecular weight excluding hydrogens is 831 g/mol. The Labute approximate surface area is 390 Å². The first-order valence-corrected chi connectivity index (χ1v) is 22.0. The Balaban J connectivity index is 0.00000233. The van der Waals surface area contributed by atoms with E-state index in [0.29, 0.717) is 0 Å². The fourth-order valence-electron chi connectivity index (χ4n) is 10.1. The van der Waals surface area contributed by atoms with Crippen LogP contribution in [0.3, 0.4) is 0 Å². The van der Waals surface area contributed by atoms with E-state index in [0.717, 1.165) is 19.3 Å². The number of aryl methyl sites for hydroxylation is 6. The Morgan fingerprint density at radius 3 is 0.949 bits per heavy atom. The van der Waals surface area contributed by atoms with Crippen LogP contribution in [0, 0.1) is 47.6 Å². The van der Waals surface area contributed by atoms with Crippen LogP contribution in [-0.4, -0.2) is 8.07 Å². The van der Waals surface area contributed by atoms with Crippen LogP contribution in [0.5, 0.6) is 0 Å². The van der Waals surface area contributed by atoms with Crippen molar-refractivity contribution in [2.75, 3.05) is 0 Å². The van der Waals surface area contributed by atoms with Gasteiger partial charge in [0.05, 0.1) is 0 Å². The van der Waals surface area contributed by atoms with E-state index in [1.165, 1.54) is 99.0 Å². The van der Waals surface area contributed by atoms with Crippen LogP contribution < -0.4 is 52.8 Å². The Hall–Kier alpha value is -3.40. The third-order valence-electron chi connectivity index (χ3n) is 12.4. The van der Waals surface area contributed by atoms with Gasteiger partial charge in [-0.05, 0) is 110 Å². The maximum atomic E-state index is 4.30. The minimum absolute atomic E-state index is 0. The molecule has 0 heterocycles. The smallest absolute Gasteiger partial charge is 1.00 e. The monoisotopic (exact) mass is 886 g/mol. The number of hydrogen-bond donors (Lipinski definition) is 0. The van der Waals surface area contributed by atoms with Gasteiger partial charge in [-0.15, -0.1) is 6.92 Å². The van der Waals surface area contributed by atoms with Gasteiger partial charge in [-0.3, -0.25) is 6.08 Å². The molecule has 0 aliphatic heterocycles. The molecule has 1 unspecified atom stereocenters. The van der Waals surface area contributed by atoms with Gasteiger partial charge in [0.25, 0.3) is 0 Å². The summed E-state index contributed by atoms with van der Waals surface area (Å²) in [5, 5.41) is 4.11. The van der Waals surface area contributed by atoms with Crippen LogP contribution in [0.2, 0.25) is 5.04 Å². The molecule has 0 saturated carbocycles. The van der Waals surface area contributed by atoms with Crippen LogP contribution in [0.1, 0.15) is 94.5 Å². The summed E-state index contributed by atoms with van der Waals surface area (Å²) in [4.78, 5) is 0. The zero-order valence-electron chi connectivity index (χ0n) is 36.4. The zero-order valence-corrected chi connectivity index (χ0v) is 41.2. The van der Waals surface area contributed by atoms with E-state index in [9.17, 15) is 0 Å². The molecule has 1 aliphatic carbocycles. The zero-order chi connectivity index (χ0) is 39.1. The molecule has 1 aliphatic rings. The predicted molar refractivity (Wildman–Crippen MR) is 239 cm³/mol. The average Bonchev–Trinajstić information content (AvgIpc) is 3.31. The van der Waals surface area contributed by atoms with Gasteiger partial charge in [0.1, 0.15) is 8.07 Å². The second-order valence-electron chi connectivity index (χ2n) is 16.9. The van der Waals surface area contributed by atoms with Crippen molar-refractivity contribution in [2.24, 2.45) is 0 Å². The number of rotatable bonds is 10. The van der Waals surface area contributed by atoms with Crippen LogP contribution in [-0.2, 0) is 41.0 Å². The quantitative estimate of drug-likeness (QED) is 0.113. The van der Waals surface area contributed by atoms with E-state index in [4.69, 9.17) is 0 Å². The first-order chi connectivity index (χ1) is 26.3. The molecule has 6 aromatic rings. The molecule has 0 bridgehead atoms. The molecule has 0 nitrogen and oxygen atoms in total. The van der Waals surface area contributed by atoms with Crippen molar-refractivity contribution in [2.45, 2.75) is 93.5 Å². The Morgan fingerprint density at radius 1 is 0.424 bits per heavy atom. The maximum Gasteiger partial charge on any atom is 4.00 e. The van der Waals surface area contributed by atoms with Gasteiger partial charge < -0.3 is 37.2 Å². The minimum Gasteiger partial charge on any atom is -1.00 e. The second kappa shape index (κ2) is 20.4. The van der Waals surface area contributed by atoms with Crippen molar-refractivity contribution in [1.29, 1.82) is 0 Å². The van der Waals surface area contributed by atoms with Gasteiger partial charge in [0, 0.05) is 0 Å². The number of benzene rings is 6. The molecule has 0 amide bonds. The minimum atomic E-state index is -3.13. The molecule has 1 atom stereocenters. The summed E-state index contributed by atoms with van der Waals surface area (Å²) in [6.07, 6.45) is 6.94. The summed E-state index contributed by atoms with van der Waals surface area (Å²) in [5.41, 5.74) is 20.4. The SMILES string of the molecule is CC1=[C-]C(C)([Si](c2ccccc2Cc2cc(C)cc(C)c2)(c2ccccc2Cc2cc(C)cc(C)c2)c2ccccc2Cc2cc(C)cc(C)c2)C(C)=C1C.[Cl-].[Cl-].[Cl-].[Ti+4]. The molecule has 0 radical (unpaired) electrons. The van der Waals surface area contributed by atoms with Crippen LogP contribution >= 0.6 is 0 Å². The summed E-state index contributed by atoms with van der Waals surface area (Å²) in [6, 6.07) is 49.7. The third-order valence-corrected chi connectivity index (χ3v) is 18.2. The van der Waals surface area contributed by atoms with Gasteiger partial charge in [-0.2, -0.15) is 11.1 Å². The van der Waals surface area contributed by atoms with E-state index in [1.807, 2.05) is 0 Å². The van der Waals surface area contributed by atoms with Gasteiger partial charge in [0.2, 0.25) is 0 Å². The summed E-state index contributed by atoms with van der Waals surface area (Å²) in [5.74, 6) is 0. The predicted octanol–water partition coefficient (Wildman–Crippen LogP) is 2.65. The number of hydrogen-bond acceptors (Lipinski definition) is 0. The molecular formula is C54H57Cl3SiTi. The molecule has 0 saturated heterocycles. The Morgan fingerprint density at radius 2 is 0.695 bits per heavy atom. The fourth-order valence-corrected chi connectivity index (χ4v) is 16.7. The molecule has 302 valence electrons. The maximum absolute atomic E-state index is 4.30. The van der Waals surface area contributed by atoms with Crippen LogP contribution in [0.15, 0.2) is 144 Å². The molecule has 0 fully saturated rings. The summed E-state index contributed by atoms with van der Waals surface area (Å²) in [6.45, 7) is 22.9. The van der Waals surface area contributed by atoms with Crippen molar-refractivity contribution < 1.29 is 58.9 Å². The van der Waals surface area contributed by atoms with Crippen molar-refractivity contribution >= 4 is 23.6 Å². The van der Waals surface area contributed by atoms with Crippen molar-refractivity contribution in [1.82, 2.24) is 0 Å². The molecule has 6 aromatic carbocycles. The first-order valence-electron chi connectivity index (χ1n) is 20.0. The first kappa shape index (κ1) is 50.0. The standard InChI is InChI=1S/C54H57Si.3ClH.Ti/c1-36-23-37(2)27-45(26-36)32-48-17-11-14-20-51(48)55(54(10)35-42(7)43(8)44(54)9,52-21-15-12-18-49(52)33-46-28-38(3)24-39(4)29-46)53-22-16-13-19-50(53)34-47-30-40(5)25-41(6)31-47;;;;/h11-31H,32-34H2,1-10H3;3*1H;/q-1;;;;+4/p-3. The molecule has 5 heteroatoms. The Kier molecular flexibility index (Phi) is 17.3. The van der Waals surface area contributed by atoms with Crippen LogP contribution in [0.4, 0.5) is 0 Å². The molecule has 0 N–H and O–H groups in total. The average molecular weight is 888 g/mol. The number of halogens is 3. The van der Waals surface area contributed by atoms with E-state index >= 15 is 0 Å². The summed E-state index contributed by atoms with van der Waals surface area (Å²) >= 11 is 0. The van der Waals surface area contributed by atoms with Gasteiger partial charge in [-0.1, -0.05) is 187 Å². The van der Waals surface area contributed by atoms with Gasteiger partial charge >= 0.3 is 21.7 Å². The van der Waals surface area contributed by atoms with Crippen LogP contribution in [0.25, 0.3) is 0 Å². The summed E-state index contributed by atoms with van der Waals surface area (Å²) in [7, 11) is -3.13. The largest absolute Gasteiger partial charge is 4.00 e. The van der Waals surface area contributed by atoms with Crippen molar-refractivity contribution in [3.05, 3.63) is 217 Å². The summed E-state index contributed by atoms with van der Waals surface area (Å²) < 4.78 is 0. The molecule has 0 spiro atoms. The second-order valence-corrected chi connectivity index (χ2v) is 21.0. The fraction of sp³-hybridized carbons (Fsp3) is 0.259. The molecule has 7 rings (SSSR count). The molecule has 59 heavy (non-hydrogen) atoms. The Bertz CT molecular complexity index is 2200. The van der Waals surface area contributed by atoms with Gasteiger partial charge in [-0.25, -0.2) is 5.57 Å². The van der Waals surface area contributed by atoms with Crippen molar-refractivity contribution in [3.63, 3.8) is 0 Å². The third kappa shape index (κ3) is 9.89.